The van der Waals surface area contributed by atoms with Gasteiger partial charge in [0.05, 0.1) is 14.2 Å². The SMILES string of the molecule is COc1ccc(OC)c(S(=O)(=O)NC(=O)C2(C)CCN2C(=O)C2CCCCC2)c1. The molecular formula is C20H28N2O6S. The minimum atomic E-state index is -4.21. The van der Waals surface area contributed by atoms with Crippen LogP contribution in [0.2, 0.25) is 0 Å². The second-order valence-corrected chi connectivity index (χ2v) is 9.45. The largest absolute Gasteiger partial charge is 0.497 e. The summed E-state index contributed by atoms with van der Waals surface area (Å²) >= 11 is 0. The Morgan fingerprint density at radius 1 is 1.14 bits per heavy atom. The van der Waals surface area contributed by atoms with Gasteiger partial charge < -0.3 is 14.4 Å². The molecule has 29 heavy (non-hydrogen) atoms. The average molecular weight is 425 g/mol. The highest BCUT2D eigenvalue weighted by molar-refractivity contribution is 7.90. The maximum absolute atomic E-state index is 12.9. The molecule has 0 spiro atoms. The fraction of sp³-hybridized carbons (Fsp3) is 0.600. The second-order valence-electron chi connectivity index (χ2n) is 7.80. The molecule has 0 aromatic heterocycles. The molecule has 2 fully saturated rings. The number of ether oxygens (including phenoxy) is 2. The van der Waals surface area contributed by atoms with Crippen molar-refractivity contribution in [3.05, 3.63) is 18.2 Å². The van der Waals surface area contributed by atoms with Crippen LogP contribution in [0.5, 0.6) is 11.5 Å². The van der Waals surface area contributed by atoms with Crippen LogP contribution in [0.3, 0.4) is 0 Å². The first kappa shape index (κ1) is 21.4. The van der Waals surface area contributed by atoms with Crippen molar-refractivity contribution in [2.75, 3.05) is 20.8 Å². The molecule has 1 aromatic carbocycles. The zero-order valence-corrected chi connectivity index (χ0v) is 17.9. The molecule has 1 atom stereocenters. The Balaban J connectivity index is 1.79. The van der Waals surface area contributed by atoms with Crippen LogP contribution < -0.4 is 14.2 Å². The zero-order valence-electron chi connectivity index (χ0n) is 17.1. The van der Waals surface area contributed by atoms with Gasteiger partial charge in [-0.2, -0.15) is 0 Å². The Morgan fingerprint density at radius 2 is 1.83 bits per heavy atom. The maximum Gasteiger partial charge on any atom is 0.267 e. The molecule has 1 saturated carbocycles. The van der Waals surface area contributed by atoms with E-state index in [0.29, 0.717) is 18.7 Å². The molecule has 0 radical (unpaired) electrons. The molecule has 1 unspecified atom stereocenters. The minimum absolute atomic E-state index is 0.0510. The first-order chi connectivity index (χ1) is 13.7. The summed E-state index contributed by atoms with van der Waals surface area (Å²) in [5, 5.41) is 0. The Labute approximate surface area is 171 Å². The molecule has 9 heteroatoms. The van der Waals surface area contributed by atoms with E-state index in [4.69, 9.17) is 9.47 Å². The van der Waals surface area contributed by atoms with Crippen molar-refractivity contribution in [3.63, 3.8) is 0 Å². The molecule has 1 aromatic rings. The number of likely N-dealkylation sites (tertiary alicyclic amines) is 1. The predicted octanol–water partition coefficient (Wildman–Crippen LogP) is 2.08. The summed E-state index contributed by atoms with van der Waals surface area (Å²) in [5.74, 6) is -0.420. The number of hydrogen-bond acceptors (Lipinski definition) is 6. The number of hydrogen-bond donors (Lipinski definition) is 1. The van der Waals surface area contributed by atoms with Gasteiger partial charge in [-0.05, 0) is 38.3 Å². The predicted molar refractivity (Wildman–Crippen MR) is 106 cm³/mol. The highest BCUT2D eigenvalue weighted by Crippen LogP contribution is 2.36. The van der Waals surface area contributed by atoms with Gasteiger partial charge >= 0.3 is 0 Å². The van der Waals surface area contributed by atoms with E-state index < -0.39 is 21.5 Å². The standard InChI is InChI=1S/C20H28N2O6S/c1-20(11-12-22(20)18(23)14-7-5-4-6-8-14)19(24)21-29(25,26)17-13-15(27-2)9-10-16(17)28-3/h9-10,13-14H,4-8,11-12H2,1-3H3,(H,21,24). The van der Waals surface area contributed by atoms with Crippen molar-refractivity contribution < 1.29 is 27.5 Å². The van der Waals surface area contributed by atoms with E-state index >= 15 is 0 Å². The number of carbonyl (C=O) groups is 2. The van der Waals surface area contributed by atoms with Gasteiger partial charge in [-0.15, -0.1) is 0 Å². The van der Waals surface area contributed by atoms with Gasteiger partial charge in [-0.3, -0.25) is 9.59 Å². The molecular weight excluding hydrogens is 396 g/mol. The highest BCUT2D eigenvalue weighted by Gasteiger charge is 2.51. The number of methoxy groups -OCH3 is 2. The third kappa shape index (κ3) is 4.05. The topological polar surface area (TPSA) is 102 Å². The molecule has 1 aliphatic carbocycles. The van der Waals surface area contributed by atoms with Gasteiger partial charge in [0, 0.05) is 18.5 Å². The van der Waals surface area contributed by atoms with Crippen LogP contribution in [0.4, 0.5) is 0 Å². The molecule has 3 rings (SSSR count). The smallest absolute Gasteiger partial charge is 0.267 e. The van der Waals surface area contributed by atoms with E-state index in [9.17, 15) is 18.0 Å². The van der Waals surface area contributed by atoms with E-state index in [1.165, 1.54) is 31.3 Å². The normalized spacial score (nSPS) is 22.5. The van der Waals surface area contributed by atoms with E-state index in [2.05, 4.69) is 4.72 Å². The maximum atomic E-state index is 12.9. The molecule has 1 heterocycles. The van der Waals surface area contributed by atoms with Crippen LogP contribution in [-0.2, 0) is 19.6 Å². The summed E-state index contributed by atoms with van der Waals surface area (Å²) in [7, 11) is -1.45. The van der Waals surface area contributed by atoms with E-state index in [-0.39, 0.29) is 22.5 Å². The highest BCUT2D eigenvalue weighted by atomic mass is 32.2. The number of carbonyl (C=O) groups excluding carboxylic acids is 2. The lowest BCUT2D eigenvalue weighted by Crippen LogP contribution is -2.68. The fourth-order valence-electron chi connectivity index (χ4n) is 4.00. The molecule has 2 amide bonds. The lowest BCUT2D eigenvalue weighted by atomic mass is 9.81. The van der Waals surface area contributed by atoms with Crippen molar-refractivity contribution in [2.45, 2.75) is 55.9 Å². The number of amides is 2. The second kappa shape index (κ2) is 8.22. The summed E-state index contributed by atoms with van der Waals surface area (Å²) in [4.78, 5) is 27.1. The molecule has 8 nitrogen and oxygen atoms in total. The van der Waals surface area contributed by atoms with Gasteiger partial charge in [-0.1, -0.05) is 19.3 Å². The Hall–Kier alpha value is -2.29. The molecule has 160 valence electrons. The van der Waals surface area contributed by atoms with Crippen molar-refractivity contribution in [1.82, 2.24) is 9.62 Å². The third-order valence-corrected chi connectivity index (χ3v) is 7.37. The van der Waals surface area contributed by atoms with E-state index in [0.717, 1.165) is 32.1 Å². The van der Waals surface area contributed by atoms with Crippen LogP contribution in [0.15, 0.2) is 23.1 Å². The van der Waals surface area contributed by atoms with Crippen molar-refractivity contribution in [1.29, 1.82) is 0 Å². The Bertz CT molecular complexity index is 894. The van der Waals surface area contributed by atoms with Gasteiger partial charge in [0.25, 0.3) is 15.9 Å². The summed E-state index contributed by atoms with van der Waals surface area (Å²) < 4.78 is 38.1. The molecule has 1 N–H and O–H groups in total. The Morgan fingerprint density at radius 3 is 2.38 bits per heavy atom. The van der Waals surface area contributed by atoms with Crippen LogP contribution in [0, 0.1) is 5.92 Å². The third-order valence-electron chi connectivity index (χ3n) is 6.01. The van der Waals surface area contributed by atoms with Crippen molar-refractivity contribution in [2.24, 2.45) is 5.92 Å². The quantitative estimate of drug-likeness (QED) is 0.750. The lowest BCUT2D eigenvalue weighted by Gasteiger charge is -2.50. The molecule has 1 saturated heterocycles. The van der Waals surface area contributed by atoms with Crippen LogP contribution in [0.25, 0.3) is 0 Å². The van der Waals surface area contributed by atoms with Gasteiger partial charge in [0.1, 0.15) is 21.9 Å². The fourth-order valence-corrected chi connectivity index (χ4v) is 5.26. The monoisotopic (exact) mass is 424 g/mol. The van der Waals surface area contributed by atoms with Crippen LogP contribution in [-0.4, -0.2) is 51.4 Å². The Kier molecular flexibility index (Phi) is 6.07. The number of nitrogens with zero attached hydrogens (tertiary/aromatic N) is 1. The molecule has 1 aliphatic heterocycles. The number of nitrogens with one attached hydrogen (secondary N) is 1. The van der Waals surface area contributed by atoms with Gasteiger partial charge in [0.15, 0.2) is 0 Å². The van der Waals surface area contributed by atoms with Gasteiger partial charge in [-0.25, -0.2) is 13.1 Å². The first-order valence-electron chi connectivity index (χ1n) is 9.83. The molecule has 2 aliphatic rings. The summed E-state index contributed by atoms with van der Waals surface area (Å²) in [6, 6.07) is 4.32. The van der Waals surface area contributed by atoms with E-state index in [1.807, 2.05) is 0 Å². The summed E-state index contributed by atoms with van der Waals surface area (Å²) in [5.41, 5.74) is -1.17. The summed E-state index contributed by atoms with van der Waals surface area (Å²) in [6.45, 7) is 2.08. The van der Waals surface area contributed by atoms with Gasteiger partial charge in [0.2, 0.25) is 5.91 Å². The number of sulfonamides is 1. The summed E-state index contributed by atoms with van der Waals surface area (Å²) in [6.07, 6.45) is 5.22. The average Bonchev–Trinajstić information content (AvgIpc) is 2.72. The minimum Gasteiger partial charge on any atom is -0.497 e. The zero-order chi connectivity index (χ0) is 21.2. The van der Waals surface area contributed by atoms with E-state index in [1.54, 1.807) is 13.0 Å². The van der Waals surface area contributed by atoms with Crippen molar-refractivity contribution >= 4 is 21.8 Å². The molecule has 0 bridgehead atoms. The van der Waals surface area contributed by atoms with Crippen molar-refractivity contribution in [3.8, 4) is 11.5 Å². The van der Waals surface area contributed by atoms with Crippen LogP contribution in [0.1, 0.15) is 45.4 Å². The van der Waals surface area contributed by atoms with Crippen LogP contribution >= 0.6 is 0 Å². The lowest BCUT2D eigenvalue weighted by molar-refractivity contribution is -0.160. The number of rotatable bonds is 6. The first-order valence-corrected chi connectivity index (χ1v) is 11.3. The number of benzene rings is 1.